The van der Waals surface area contributed by atoms with Crippen molar-refractivity contribution in [3.63, 3.8) is 0 Å². The molecule has 1 amide bonds. The van der Waals surface area contributed by atoms with Crippen LogP contribution in [0.25, 0.3) is 10.6 Å². The number of amides is 1. The summed E-state index contributed by atoms with van der Waals surface area (Å²) >= 11 is 4.66. The Hall–Kier alpha value is -2.25. The molecule has 0 fully saturated rings. The SMILES string of the molecule is COc1ccc(-c2nnc(NC(=O)c3ccc(Br)cc3)s2)cc1. The third-order valence-corrected chi connectivity index (χ3v) is 4.51. The van der Waals surface area contributed by atoms with Gasteiger partial charge in [0.2, 0.25) is 5.13 Å². The second-order valence-electron chi connectivity index (χ2n) is 4.60. The zero-order valence-corrected chi connectivity index (χ0v) is 14.5. The summed E-state index contributed by atoms with van der Waals surface area (Å²) in [7, 11) is 1.62. The van der Waals surface area contributed by atoms with E-state index in [0.29, 0.717) is 10.7 Å². The third-order valence-electron chi connectivity index (χ3n) is 3.09. The molecule has 0 radical (unpaired) electrons. The van der Waals surface area contributed by atoms with E-state index in [-0.39, 0.29) is 5.91 Å². The molecule has 1 aromatic heterocycles. The van der Waals surface area contributed by atoms with Crippen LogP contribution in [0.2, 0.25) is 0 Å². The van der Waals surface area contributed by atoms with Crippen molar-refractivity contribution < 1.29 is 9.53 Å². The van der Waals surface area contributed by atoms with Crippen molar-refractivity contribution in [1.82, 2.24) is 10.2 Å². The fourth-order valence-corrected chi connectivity index (χ4v) is 2.90. The van der Waals surface area contributed by atoms with E-state index < -0.39 is 0 Å². The van der Waals surface area contributed by atoms with Crippen LogP contribution in [0, 0.1) is 0 Å². The molecule has 0 aliphatic rings. The van der Waals surface area contributed by atoms with Gasteiger partial charge in [0, 0.05) is 15.6 Å². The predicted octanol–water partition coefficient (Wildman–Crippen LogP) is 4.23. The number of methoxy groups -OCH3 is 1. The Kier molecular flexibility index (Phi) is 4.68. The Labute approximate surface area is 145 Å². The van der Waals surface area contributed by atoms with Crippen LogP contribution in [0.1, 0.15) is 10.4 Å². The number of rotatable bonds is 4. The molecule has 0 aliphatic carbocycles. The van der Waals surface area contributed by atoms with E-state index in [0.717, 1.165) is 20.8 Å². The number of ether oxygens (including phenoxy) is 1. The number of anilines is 1. The minimum absolute atomic E-state index is 0.213. The molecule has 5 nitrogen and oxygen atoms in total. The highest BCUT2D eigenvalue weighted by Gasteiger charge is 2.11. The number of carbonyl (C=O) groups is 1. The highest BCUT2D eigenvalue weighted by atomic mass is 79.9. The lowest BCUT2D eigenvalue weighted by molar-refractivity contribution is 0.102. The first kappa shape index (κ1) is 15.6. The van der Waals surface area contributed by atoms with E-state index >= 15 is 0 Å². The fourth-order valence-electron chi connectivity index (χ4n) is 1.89. The molecule has 116 valence electrons. The predicted molar refractivity (Wildman–Crippen MR) is 94.0 cm³/mol. The number of carbonyl (C=O) groups excluding carboxylic acids is 1. The van der Waals surface area contributed by atoms with Crippen LogP contribution in [-0.2, 0) is 0 Å². The number of benzene rings is 2. The van der Waals surface area contributed by atoms with Crippen LogP contribution in [0.5, 0.6) is 5.75 Å². The van der Waals surface area contributed by atoms with Crippen molar-refractivity contribution in [2.45, 2.75) is 0 Å². The van der Waals surface area contributed by atoms with E-state index in [1.54, 1.807) is 19.2 Å². The highest BCUT2D eigenvalue weighted by molar-refractivity contribution is 9.10. The molecule has 0 atom stereocenters. The number of halogens is 1. The largest absolute Gasteiger partial charge is 0.497 e. The van der Waals surface area contributed by atoms with Gasteiger partial charge in [0.25, 0.3) is 5.91 Å². The molecule has 2 aromatic carbocycles. The Bertz CT molecular complexity index is 816. The molecule has 0 spiro atoms. The standard InChI is InChI=1S/C16H12BrN3O2S/c1-22-13-8-4-11(5-9-13)15-19-20-16(23-15)18-14(21)10-2-6-12(17)7-3-10/h2-9H,1H3,(H,18,20,21). The second-order valence-corrected chi connectivity index (χ2v) is 6.50. The van der Waals surface area contributed by atoms with Gasteiger partial charge >= 0.3 is 0 Å². The summed E-state index contributed by atoms with van der Waals surface area (Å²) in [6.07, 6.45) is 0. The molecule has 0 unspecified atom stereocenters. The molecule has 0 bridgehead atoms. The van der Waals surface area contributed by atoms with Crippen LogP contribution in [0.3, 0.4) is 0 Å². The molecule has 1 N–H and O–H groups in total. The molecule has 0 saturated carbocycles. The normalized spacial score (nSPS) is 10.3. The van der Waals surface area contributed by atoms with Crippen molar-refractivity contribution in [2.24, 2.45) is 0 Å². The van der Waals surface area contributed by atoms with E-state index in [1.807, 2.05) is 36.4 Å². The molecule has 3 rings (SSSR count). The topological polar surface area (TPSA) is 64.1 Å². The Balaban J connectivity index is 1.73. The number of aromatic nitrogens is 2. The summed E-state index contributed by atoms with van der Waals surface area (Å²) in [6, 6.07) is 14.6. The Morgan fingerprint density at radius 3 is 2.43 bits per heavy atom. The zero-order valence-electron chi connectivity index (χ0n) is 12.1. The minimum atomic E-state index is -0.213. The molecular weight excluding hydrogens is 378 g/mol. The molecule has 3 aromatic rings. The van der Waals surface area contributed by atoms with Crippen molar-refractivity contribution >= 4 is 38.3 Å². The monoisotopic (exact) mass is 389 g/mol. The number of hydrogen-bond donors (Lipinski definition) is 1. The van der Waals surface area contributed by atoms with E-state index in [1.165, 1.54) is 11.3 Å². The highest BCUT2D eigenvalue weighted by Crippen LogP contribution is 2.28. The molecular formula is C16H12BrN3O2S. The van der Waals surface area contributed by atoms with Crippen LogP contribution in [-0.4, -0.2) is 23.2 Å². The van der Waals surface area contributed by atoms with Crippen molar-refractivity contribution in [2.75, 3.05) is 12.4 Å². The van der Waals surface area contributed by atoms with Gasteiger partial charge in [0.15, 0.2) is 0 Å². The molecule has 7 heteroatoms. The average molecular weight is 390 g/mol. The van der Waals surface area contributed by atoms with Gasteiger partial charge < -0.3 is 4.74 Å². The quantitative estimate of drug-likeness (QED) is 0.724. The summed E-state index contributed by atoms with van der Waals surface area (Å²) in [5.41, 5.74) is 1.49. The lowest BCUT2D eigenvalue weighted by Gasteiger charge is -2.01. The van der Waals surface area contributed by atoms with E-state index in [9.17, 15) is 4.79 Å². The van der Waals surface area contributed by atoms with Gasteiger partial charge in [-0.1, -0.05) is 27.3 Å². The number of hydrogen-bond acceptors (Lipinski definition) is 5. The summed E-state index contributed by atoms with van der Waals surface area (Å²) in [5.74, 6) is 0.567. The molecule has 1 heterocycles. The van der Waals surface area contributed by atoms with Gasteiger partial charge in [0.1, 0.15) is 10.8 Å². The lowest BCUT2D eigenvalue weighted by Crippen LogP contribution is -2.11. The molecule has 0 aliphatic heterocycles. The Morgan fingerprint density at radius 2 is 1.78 bits per heavy atom. The van der Waals surface area contributed by atoms with Crippen LogP contribution in [0.4, 0.5) is 5.13 Å². The van der Waals surface area contributed by atoms with Gasteiger partial charge in [-0.05, 0) is 48.5 Å². The zero-order chi connectivity index (χ0) is 16.2. The molecule has 23 heavy (non-hydrogen) atoms. The second kappa shape index (κ2) is 6.89. The minimum Gasteiger partial charge on any atom is -0.497 e. The van der Waals surface area contributed by atoms with Crippen molar-refractivity contribution in [1.29, 1.82) is 0 Å². The van der Waals surface area contributed by atoms with Crippen LogP contribution in [0.15, 0.2) is 53.0 Å². The number of nitrogens with zero attached hydrogens (tertiary/aromatic N) is 2. The summed E-state index contributed by atoms with van der Waals surface area (Å²) in [4.78, 5) is 12.2. The maximum atomic E-state index is 12.2. The van der Waals surface area contributed by atoms with E-state index in [4.69, 9.17) is 4.74 Å². The molecule has 0 saturated heterocycles. The maximum Gasteiger partial charge on any atom is 0.257 e. The fraction of sp³-hybridized carbons (Fsp3) is 0.0625. The maximum absolute atomic E-state index is 12.2. The first-order chi connectivity index (χ1) is 11.2. The van der Waals surface area contributed by atoms with Gasteiger partial charge in [-0.3, -0.25) is 10.1 Å². The summed E-state index contributed by atoms with van der Waals surface area (Å²) in [6.45, 7) is 0. The first-order valence-corrected chi connectivity index (χ1v) is 8.31. The van der Waals surface area contributed by atoms with Crippen LogP contribution < -0.4 is 10.1 Å². The Morgan fingerprint density at radius 1 is 1.09 bits per heavy atom. The first-order valence-electron chi connectivity index (χ1n) is 6.70. The lowest BCUT2D eigenvalue weighted by atomic mass is 10.2. The summed E-state index contributed by atoms with van der Waals surface area (Å²) in [5, 5.41) is 12.1. The van der Waals surface area contributed by atoms with Gasteiger partial charge in [-0.15, -0.1) is 10.2 Å². The van der Waals surface area contributed by atoms with E-state index in [2.05, 4.69) is 31.4 Å². The van der Waals surface area contributed by atoms with Crippen molar-refractivity contribution in [3.8, 4) is 16.3 Å². The average Bonchev–Trinajstić information content (AvgIpc) is 3.04. The smallest absolute Gasteiger partial charge is 0.257 e. The van der Waals surface area contributed by atoms with Gasteiger partial charge in [0.05, 0.1) is 7.11 Å². The third kappa shape index (κ3) is 3.75. The van der Waals surface area contributed by atoms with Crippen LogP contribution >= 0.6 is 27.3 Å². The van der Waals surface area contributed by atoms with Gasteiger partial charge in [-0.25, -0.2) is 0 Å². The number of nitrogens with one attached hydrogen (secondary N) is 1. The summed E-state index contributed by atoms with van der Waals surface area (Å²) < 4.78 is 6.05. The van der Waals surface area contributed by atoms with Crippen molar-refractivity contribution in [3.05, 3.63) is 58.6 Å². The van der Waals surface area contributed by atoms with Gasteiger partial charge in [-0.2, -0.15) is 0 Å².